The largest absolute Gasteiger partial charge is 0.454 e. The number of carbonyl (C=O) groups is 3. The van der Waals surface area contributed by atoms with Crippen molar-refractivity contribution in [1.29, 1.82) is 0 Å². The van der Waals surface area contributed by atoms with E-state index in [2.05, 4.69) is 5.32 Å². The number of ether oxygens (including phenoxy) is 1. The van der Waals surface area contributed by atoms with Crippen LogP contribution in [0, 0.1) is 5.92 Å². The molecule has 2 amide bonds. The van der Waals surface area contributed by atoms with E-state index in [1.807, 2.05) is 30.3 Å². The zero-order valence-electron chi connectivity index (χ0n) is 16.6. The molecule has 3 aliphatic rings. The van der Waals surface area contributed by atoms with Crippen LogP contribution in [0.5, 0.6) is 0 Å². The van der Waals surface area contributed by atoms with Gasteiger partial charge in [0.1, 0.15) is 10.9 Å². The van der Waals surface area contributed by atoms with Crippen LogP contribution >= 0.6 is 11.8 Å². The minimum Gasteiger partial charge on any atom is -0.454 e. The number of hydrogen-bond acceptors (Lipinski definition) is 5. The maximum atomic E-state index is 12.7. The smallest absolute Gasteiger partial charge is 0.330 e. The first kappa shape index (κ1) is 20.3. The lowest BCUT2D eigenvalue weighted by Gasteiger charge is -2.33. The zero-order chi connectivity index (χ0) is 20.3. The van der Waals surface area contributed by atoms with Gasteiger partial charge in [0.05, 0.1) is 0 Å². The third-order valence-electron chi connectivity index (χ3n) is 6.28. The molecule has 0 unspecified atom stereocenters. The minimum atomic E-state index is -0.638. The van der Waals surface area contributed by atoms with E-state index in [-0.39, 0.29) is 18.4 Å². The second kappa shape index (κ2) is 8.78. The molecule has 2 saturated heterocycles. The van der Waals surface area contributed by atoms with Gasteiger partial charge >= 0.3 is 5.97 Å². The van der Waals surface area contributed by atoms with Gasteiger partial charge in [-0.3, -0.25) is 9.59 Å². The summed E-state index contributed by atoms with van der Waals surface area (Å²) in [7, 11) is 0. The van der Waals surface area contributed by atoms with Crippen molar-refractivity contribution in [1.82, 2.24) is 10.2 Å². The van der Waals surface area contributed by atoms with E-state index < -0.39 is 16.9 Å². The minimum absolute atomic E-state index is 0.0254. The van der Waals surface area contributed by atoms with Gasteiger partial charge in [0, 0.05) is 18.7 Å². The predicted molar refractivity (Wildman–Crippen MR) is 111 cm³/mol. The highest BCUT2D eigenvalue weighted by atomic mass is 32.2. The van der Waals surface area contributed by atoms with Gasteiger partial charge in [-0.1, -0.05) is 49.6 Å². The summed E-state index contributed by atoms with van der Waals surface area (Å²) in [6.45, 7) is 0.366. The Labute approximate surface area is 175 Å². The second-order valence-corrected chi connectivity index (χ2v) is 9.45. The Kier molecular flexibility index (Phi) is 6.13. The van der Waals surface area contributed by atoms with Crippen LogP contribution in [0.4, 0.5) is 0 Å². The van der Waals surface area contributed by atoms with Crippen molar-refractivity contribution in [3.8, 4) is 0 Å². The third-order valence-corrected chi connectivity index (χ3v) is 7.88. The number of hydrogen-bond donors (Lipinski definition) is 1. The quantitative estimate of drug-likeness (QED) is 0.722. The second-order valence-electron chi connectivity index (χ2n) is 8.16. The van der Waals surface area contributed by atoms with Gasteiger partial charge in [0.2, 0.25) is 5.91 Å². The Balaban J connectivity index is 1.33. The molecule has 1 aromatic carbocycles. The molecule has 1 saturated carbocycles. The molecule has 0 spiro atoms. The van der Waals surface area contributed by atoms with E-state index >= 15 is 0 Å². The molecule has 4 rings (SSSR count). The Morgan fingerprint density at radius 1 is 1.17 bits per heavy atom. The van der Waals surface area contributed by atoms with Gasteiger partial charge in [0.25, 0.3) is 5.91 Å². The van der Waals surface area contributed by atoms with Gasteiger partial charge < -0.3 is 15.0 Å². The lowest BCUT2D eigenvalue weighted by molar-refractivity contribution is -0.156. The van der Waals surface area contributed by atoms with Crippen LogP contribution in [-0.4, -0.2) is 47.6 Å². The summed E-state index contributed by atoms with van der Waals surface area (Å²) in [6.07, 6.45) is 7.14. The zero-order valence-corrected chi connectivity index (χ0v) is 17.4. The molecular weight excluding hydrogens is 388 g/mol. The molecule has 1 N–H and O–H groups in total. The van der Waals surface area contributed by atoms with Gasteiger partial charge in [0.15, 0.2) is 6.61 Å². The molecule has 0 bridgehead atoms. The summed E-state index contributed by atoms with van der Waals surface area (Å²) in [4.78, 5) is 38.6. The van der Waals surface area contributed by atoms with Gasteiger partial charge in [-0.05, 0) is 30.7 Å². The molecule has 2 aliphatic heterocycles. The van der Waals surface area contributed by atoms with Crippen LogP contribution in [0.2, 0.25) is 0 Å². The number of thioether (sulfide) groups is 1. The maximum absolute atomic E-state index is 12.7. The van der Waals surface area contributed by atoms with Gasteiger partial charge in [-0.2, -0.15) is 0 Å². The number of fused-ring (bicyclic) bond motifs is 1. The Morgan fingerprint density at radius 3 is 2.69 bits per heavy atom. The van der Waals surface area contributed by atoms with Gasteiger partial charge in [-0.25, -0.2) is 4.79 Å². The number of amides is 2. The molecule has 2 heterocycles. The van der Waals surface area contributed by atoms with Crippen LogP contribution in [0.3, 0.4) is 0 Å². The summed E-state index contributed by atoms with van der Waals surface area (Å²) < 4.78 is 5.31. The average Bonchev–Trinajstić information content (AvgIpc) is 3.31. The fraction of sp³-hybridized carbons (Fsp3) is 0.591. The number of nitrogens with zero attached hydrogens (tertiary/aromatic N) is 1. The lowest BCUT2D eigenvalue weighted by atomic mass is 9.89. The molecule has 1 aromatic rings. The molecule has 156 valence electrons. The maximum Gasteiger partial charge on any atom is 0.330 e. The van der Waals surface area contributed by atoms with Crippen molar-refractivity contribution in [2.75, 3.05) is 18.9 Å². The van der Waals surface area contributed by atoms with Crippen molar-refractivity contribution < 1.29 is 19.1 Å². The van der Waals surface area contributed by atoms with E-state index in [0.717, 1.165) is 18.4 Å². The van der Waals surface area contributed by atoms with Crippen molar-refractivity contribution in [2.24, 2.45) is 5.92 Å². The average molecular weight is 417 g/mol. The van der Waals surface area contributed by atoms with Crippen molar-refractivity contribution in [3.05, 3.63) is 35.9 Å². The summed E-state index contributed by atoms with van der Waals surface area (Å²) in [5, 5.41) is 2.88. The Morgan fingerprint density at radius 2 is 1.93 bits per heavy atom. The Bertz CT molecular complexity index is 765. The van der Waals surface area contributed by atoms with Crippen molar-refractivity contribution in [3.63, 3.8) is 0 Å². The number of benzene rings is 1. The first-order valence-corrected chi connectivity index (χ1v) is 11.5. The van der Waals surface area contributed by atoms with Crippen molar-refractivity contribution in [2.45, 2.75) is 55.9 Å². The highest BCUT2D eigenvalue weighted by Crippen LogP contribution is 2.54. The molecule has 2 atom stereocenters. The lowest BCUT2D eigenvalue weighted by Crippen LogP contribution is -2.47. The standard InChI is InChI=1S/C22H28N2O4S/c25-19(23-13-16-7-3-1-4-8-16)14-28-21(27)18-15-29-22(12-11-20(26)24(18)22)17-9-5-2-6-10-17/h2,5-6,9-10,16,18H,1,3-4,7-8,11-15H2,(H,23,25)/t18-,22+/m1/s1. The summed E-state index contributed by atoms with van der Waals surface area (Å²) in [6, 6.07) is 9.22. The number of esters is 1. The van der Waals surface area contributed by atoms with Crippen LogP contribution < -0.4 is 5.32 Å². The van der Waals surface area contributed by atoms with Crippen LogP contribution in [0.15, 0.2) is 30.3 Å². The number of carbonyl (C=O) groups excluding carboxylic acids is 3. The number of nitrogens with one attached hydrogen (secondary N) is 1. The normalized spacial score (nSPS) is 27.0. The Hall–Kier alpha value is -2.02. The molecule has 6 nitrogen and oxygen atoms in total. The van der Waals surface area contributed by atoms with E-state index in [1.165, 1.54) is 19.3 Å². The molecule has 29 heavy (non-hydrogen) atoms. The van der Waals surface area contributed by atoms with E-state index in [1.54, 1.807) is 16.7 Å². The summed E-state index contributed by atoms with van der Waals surface area (Å²) >= 11 is 1.62. The van der Waals surface area contributed by atoms with E-state index in [0.29, 0.717) is 31.1 Å². The summed E-state index contributed by atoms with van der Waals surface area (Å²) in [5.41, 5.74) is 1.04. The topological polar surface area (TPSA) is 75.7 Å². The predicted octanol–water partition coefficient (Wildman–Crippen LogP) is 2.82. The first-order valence-electron chi connectivity index (χ1n) is 10.5. The molecule has 1 aliphatic carbocycles. The molecular formula is C22H28N2O4S. The summed E-state index contributed by atoms with van der Waals surface area (Å²) in [5.74, 6) is 0.240. The third kappa shape index (κ3) is 4.15. The SMILES string of the molecule is O=C(COC(=O)[C@H]1CS[C@]2(c3ccccc3)CCC(=O)N12)NCC1CCCCC1. The molecule has 7 heteroatoms. The van der Waals surface area contributed by atoms with Crippen LogP contribution in [0.1, 0.15) is 50.5 Å². The fourth-order valence-corrected chi connectivity index (χ4v) is 6.39. The van der Waals surface area contributed by atoms with E-state index in [4.69, 9.17) is 4.74 Å². The molecule has 0 radical (unpaired) electrons. The first-order chi connectivity index (χ1) is 14.1. The van der Waals surface area contributed by atoms with Crippen molar-refractivity contribution >= 4 is 29.5 Å². The number of rotatable bonds is 6. The van der Waals surface area contributed by atoms with E-state index in [9.17, 15) is 14.4 Å². The van der Waals surface area contributed by atoms with Crippen LogP contribution in [0.25, 0.3) is 0 Å². The molecule has 3 fully saturated rings. The molecule has 0 aromatic heterocycles. The van der Waals surface area contributed by atoms with Gasteiger partial charge in [-0.15, -0.1) is 11.8 Å². The van der Waals surface area contributed by atoms with Crippen LogP contribution in [-0.2, 0) is 24.0 Å². The fourth-order valence-electron chi connectivity index (χ4n) is 4.75. The monoisotopic (exact) mass is 416 g/mol. The highest BCUT2D eigenvalue weighted by molar-refractivity contribution is 8.00. The highest BCUT2D eigenvalue weighted by Gasteiger charge is 2.57.